The highest BCUT2D eigenvalue weighted by molar-refractivity contribution is 7.47. The number of aliphatic hydroxyl groups excluding tert-OH is 1. The summed E-state index contributed by atoms with van der Waals surface area (Å²) in [5.74, 6) is -0.188. The lowest BCUT2D eigenvalue weighted by Gasteiger charge is -2.25. The molecule has 0 aromatic heterocycles. The maximum absolute atomic E-state index is 13.0. The zero-order valence-electron chi connectivity index (χ0n) is 49.1. The third-order valence-corrected chi connectivity index (χ3v) is 15.2. The van der Waals surface area contributed by atoms with Crippen molar-refractivity contribution in [3.05, 3.63) is 48.6 Å². The summed E-state index contributed by atoms with van der Waals surface area (Å²) in [5.41, 5.74) is 0. The molecule has 0 fully saturated rings. The minimum Gasteiger partial charge on any atom is -0.387 e. The van der Waals surface area contributed by atoms with E-state index < -0.39 is 20.0 Å². The second kappa shape index (κ2) is 55.2. The average Bonchev–Trinajstić information content (AvgIpc) is 3.35. The quantitative estimate of drug-likeness (QED) is 0.0243. The van der Waals surface area contributed by atoms with E-state index in [0.717, 1.165) is 44.9 Å². The van der Waals surface area contributed by atoms with Gasteiger partial charge in [-0.2, -0.15) is 0 Å². The Balaban J connectivity index is 4.21. The van der Waals surface area contributed by atoms with E-state index in [-0.39, 0.29) is 19.1 Å². The van der Waals surface area contributed by atoms with Gasteiger partial charge in [-0.3, -0.25) is 13.8 Å². The summed E-state index contributed by atoms with van der Waals surface area (Å²) in [4.78, 5) is 23.3. The molecular formula is C64H124N2O6P+. The summed E-state index contributed by atoms with van der Waals surface area (Å²) in [6.45, 7) is 4.83. The van der Waals surface area contributed by atoms with Crippen molar-refractivity contribution in [2.45, 2.75) is 315 Å². The van der Waals surface area contributed by atoms with Crippen molar-refractivity contribution >= 4 is 13.7 Å². The van der Waals surface area contributed by atoms with Crippen LogP contribution in [0.5, 0.6) is 0 Å². The van der Waals surface area contributed by atoms with E-state index in [2.05, 4.69) is 55.6 Å². The van der Waals surface area contributed by atoms with Crippen LogP contribution in [0.4, 0.5) is 0 Å². The number of nitrogens with one attached hydrogen (secondary N) is 1. The molecule has 0 aliphatic carbocycles. The van der Waals surface area contributed by atoms with Crippen molar-refractivity contribution in [2.24, 2.45) is 0 Å². The number of carbonyl (C=O) groups is 1. The van der Waals surface area contributed by atoms with Crippen LogP contribution in [0.1, 0.15) is 303 Å². The summed E-state index contributed by atoms with van der Waals surface area (Å²) in [6, 6.07) is -0.871. The number of quaternary nitrogens is 1. The van der Waals surface area contributed by atoms with Gasteiger partial charge in [0.25, 0.3) is 0 Å². The number of aliphatic hydroxyl groups is 1. The van der Waals surface area contributed by atoms with Gasteiger partial charge in [-0.05, 0) is 70.6 Å². The Morgan fingerprint density at radius 3 is 1.10 bits per heavy atom. The van der Waals surface area contributed by atoms with Gasteiger partial charge in [0, 0.05) is 6.42 Å². The number of hydrogen-bond acceptors (Lipinski definition) is 5. The van der Waals surface area contributed by atoms with E-state index in [9.17, 15) is 19.4 Å². The van der Waals surface area contributed by atoms with E-state index in [4.69, 9.17) is 9.05 Å². The summed E-state index contributed by atoms with van der Waals surface area (Å²) < 4.78 is 23.7. The molecule has 0 heterocycles. The molecule has 0 aromatic carbocycles. The zero-order valence-corrected chi connectivity index (χ0v) is 50.0. The number of allylic oxidation sites excluding steroid dienone is 7. The SMILES string of the molecule is CCCCCCCCCC/C=C\CCCCCCCCCCCCCCCC(=O)NC(COP(=O)(O)OCC[N+](C)(C)C)C(O)/C=C/CC/C=C/CC/C=C/CCCCCCCCCCCCCCCCCC. The van der Waals surface area contributed by atoms with E-state index in [1.54, 1.807) is 6.08 Å². The molecule has 0 saturated carbocycles. The first-order valence-electron chi connectivity index (χ1n) is 31.5. The lowest BCUT2D eigenvalue weighted by Crippen LogP contribution is -2.45. The number of unbranched alkanes of at least 4 members (excludes halogenated alkanes) is 39. The van der Waals surface area contributed by atoms with Gasteiger partial charge in [0.15, 0.2) is 0 Å². The van der Waals surface area contributed by atoms with E-state index in [1.807, 2.05) is 27.2 Å². The summed E-state index contributed by atoms with van der Waals surface area (Å²) in [5, 5.41) is 13.9. The van der Waals surface area contributed by atoms with Crippen LogP contribution in [-0.4, -0.2) is 73.4 Å². The van der Waals surface area contributed by atoms with Crippen LogP contribution >= 0.6 is 7.82 Å². The van der Waals surface area contributed by atoms with E-state index in [0.29, 0.717) is 17.4 Å². The highest BCUT2D eigenvalue weighted by Gasteiger charge is 2.27. The number of nitrogens with zero attached hydrogens (tertiary/aromatic N) is 1. The third-order valence-electron chi connectivity index (χ3n) is 14.2. The molecule has 0 spiro atoms. The Morgan fingerprint density at radius 2 is 0.753 bits per heavy atom. The predicted octanol–water partition coefficient (Wildman–Crippen LogP) is 19.5. The van der Waals surface area contributed by atoms with Gasteiger partial charge >= 0.3 is 7.82 Å². The molecule has 1 amide bonds. The number of likely N-dealkylation sites (N-methyl/N-ethyl adjacent to an activating group) is 1. The minimum atomic E-state index is -4.36. The van der Waals surface area contributed by atoms with Crippen molar-refractivity contribution < 1.29 is 32.9 Å². The second-order valence-corrected chi connectivity index (χ2v) is 24.2. The van der Waals surface area contributed by atoms with Crippen LogP contribution in [0.2, 0.25) is 0 Å². The first-order chi connectivity index (χ1) is 35.5. The number of hydrogen-bond donors (Lipinski definition) is 3. The standard InChI is InChI=1S/C64H123N2O6P/c1-6-8-10-12-14-16-18-20-22-24-26-28-30-32-34-35-37-39-41-43-45-47-49-51-53-55-57-63(67)62(61-72-73(69,70)71-60-59-66(3,4)5)65-64(68)58-56-54-52-50-48-46-44-42-40-38-36-33-31-29-27-25-23-21-19-17-15-13-11-9-7-2/h25,27,39,41,47,49,55,57,62-63,67H,6-24,26,28-38,40,42-46,48,50-54,56,58-61H2,1-5H3,(H-,65,68,69,70)/p+1/b27-25-,41-39+,49-47+,57-55+. The molecule has 0 radical (unpaired) electrons. The van der Waals surface area contributed by atoms with Gasteiger partial charge in [0.1, 0.15) is 13.2 Å². The average molecular weight is 1050 g/mol. The Hall–Kier alpha value is -1.54. The molecule has 0 rings (SSSR count). The van der Waals surface area contributed by atoms with Crippen molar-refractivity contribution in [2.75, 3.05) is 40.9 Å². The molecule has 3 N–H and O–H groups in total. The molecule has 8 nitrogen and oxygen atoms in total. The molecule has 3 atom stereocenters. The van der Waals surface area contributed by atoms with Crippen molar-refractivity contribution in [1.82, 2.24) is 5.32 Å². The van der Waals surface area contributed by atoms with E-state index in [1.165, 1.54) is 238 Å². The molecule has 0 aromatic rings. The van der Waals surface area contributed by atoms with Crippen LogP contribution in [-0.2, 0) is 18.4 Å². The van der Waals surface area contributed by atoms with Crippen LogP contribution in [0, 0.1) is 0 Å². The molecule has 73 heavy (non-hydrogen) atoms. The van der Waals surface area contributed by atoms with Crippen molar-refractivity contribution in [3.8, 4) is 0 Å². The van der Waals surface area contributed by atoms with Crippen molar-refractivity contribution in [3.63, 3.8) is 0 Å². The van der Waals surface area contributed by atoms with Crippen LogP contribution < -0.4 is 5.32 Å². The molecule has 0 aliphatic heterocycles. The van der Waals surface area contributed by atoms with Gasteiger partial charge in [-0.25, -0.2) is 4.57 Å². The Morgan fingerprint density at radius 1 is 0.452 bits per heavy atom. The lowest BCUT2D eigenvalue weighted by atomic mass is 10.0. The van der Waals surface area contributed by atoms with Crippen LogP contribution in [0.3, 0.4) is 0 Å². The van der Waals surface area contributed by atoms with Crippen molar-refractivity contribution in [1.29, 1.82) is 0 Å². The second-order valence-electron chi connectivity index (χ2n) is 22.8. The summed E-state index contributed by atoms with van der Waals surface area (Å²) >= 11 is 0. The lowest BCUT2D eigenvalue weighted by molar-refractivity contribution is -0.870. The number of phosphoric ester groups is 1. The maximum atomic E-state index is 13.0. The fraction of sp³-hybridized carbons (Fsp3) is 0.859. The predicted molar refractivity (Wildman–Crippen MR) is 318 cm³/mol. The smallest absolute Gasteiger partial charge is 0.387 e. The highest BCUT2D eigenvalue weighted by atomic mass is 31.2. The van der Waals surface area contributed by atoms with Gasteiger partial charge in [0.2, 0.25) is 5.91 Å². The maximum Gasteiger partial charge on any atom is 0.472 e. The molecular weight excluding hydrogens is 924 g/mol. The minimum absolute atomic E-state index is 0.0536. The van der Waals surface area contributed by atoms with Crippen LogP contribution in [0.25, 0.3) is 0 Å². The fourth-order valence-corrected chi connectivity index (χ4v) is 10.0. The monoisotopic (exact) mass is 1050 g/mol. The fourth-order valence-electron chi connectivity index (χ4n) is 9.31. The highest BCUT2D eigenvalue weighted by Crippen LogP contribution is 2.43. The normalized spacial score (nSPS) is 14.1. The number of carbonyl (C=O) groups excluding carboxylic acids is 1. The van der Waals surface area contributed by atoms with Gasteiger partial charge in [0.05, 0.1) is 39.9 Å². The molecule has 430 valence electrons. The third kappa shape index (κ3) is 58.0. The Kier molecular flexibility index (Phi) is 54.1. The van der Waals surface area contributed by atoms with Gasteiger partial charge in [-0.15, -0.1) is 0 Å². The first kappa shape index (κ1) is 71.5. The van der Waals surface area contributed by atoms with Gasteiger partial charge in [-0.1, -0.05) is 274 Å². The molecule has 0 saturated heterocycles. The molecule has 0 aliphatic rings. The van der Waals surface area contributed by atoms with Gasteiger partial charge < -0.3 is 19.8 Å². The topological polar surface area (TPSA) is 105 Å². The number of rotatable bonds is 58. The Bertz CT molecular complexity index is 1330. The summed E-state index contributed by atoms with van der Waals surface area (Å²) in [7, 11) is 1.55. The number of phosphoric acid groups is 1. The van der Waals surface area contributed by atoms with E-state index >= 15 is 0 Å². The number of amides is 1. The molecule has 9 heteroatoms. The Labute approximate surface area is 454 Å². The largest absolute Gasteiger partial charge is 0.472 e. The first-order valence-corrected chi connectivity index (χ1v) is 33.0. The molecule has 3 unspecified atom stereocenters. The molecule has 0 bridgehead atoms. The van der Waals surface area contributed by atoms with Crippen LogP contribution in [0.15, 0.2) is 48.6 Å². The zero-order chi connectivity index (χ0) is 53.5. The summed E-state index contributed by atoms with van der Waals surface area (Å²) in [6.07, 6.45) is 73.8.